The Labute approximate surface area is 176 Å². The SMILES string of the molecule is CN=C(NCCCOCC1CCOCC1)NCC1CCCN1Cc1ccccc1. The molecule has 0 saturated carbocycles. The minimum absolute atomic E-state index is 0.566. The molecular weight excluding hydrogens is 364 g/mol. The molecule has 0 aromatic heterocycles. The molecule has 1 unspecified atom stereocenters. The van der Waals surface area contributed by atoms with Gasteiger partial charge in [-0.1, -0.05) is 30.3 Å². The number of aliphatic imine (C=N–C) groups is 1. The van der Waals surface area contributed by atoms with Gasteiger partial charge in [-0.05, 0) is 50.1 Å². The first-order chi connectivity index (χ1) is 14.3. The monoisotopic (exact) mass is 402 g/mol. The molecule has 2 aliphatic rings. The fourth-order valence-corrected chi connectivity index (χ4v) is 4.13. The molecule has 1 aromatic carbocycles. The normalized spacial score (nSPS) is 21.4. The van der Waals surface area contributed by atoms with Gasteiger partial charge in [-0.15, -0.1) is 0 Å². The maximum absolute atomic E-state index is 5.84. The van der Waals surface area contributed by atoms with Crippen LogP contribution in [0.4, 0.5) is 0 Å². The Hall–Kier alpha value is -1.63. The van der Waals surface area contributed by atoms with Crippen molar-refractivity contribution in [2.75, 3.05) is 53.1 Å². The second-order valence-electron chi connectivity index (χ2n) is 8.12. The number of benzene rings is 1. The highest BCUT2D eigenvalue weighted by Crippen LogP contribution is 2.19. The summed E-state index contributed by atoms with van der Waals surface area (Å²) in [6.45, 7) is 7.48. The Kier molecular flexibility index (Phi) is 9.76. The van der Waals surface area contributed by atoms with Crippen LogP contribution in [-0.4, -0.2) is 70.0 Å². The van der Waals surface area contributed by atoms with E-state index in [1.54, 1.807) is 0 Å². The molecule has 29 heavy (non-hydrogen) atoms. The van der Waals surface area contributed by atoms with E-state index in [9.17, 15) is 0 Å². The summed E-state index contributed by atoms with van der Waals surface area (Å²) < 4.78 is 11.2. The minimum atomic E-state index is 0.566. The van der Waals surface area contributed by atoms with Gasteiger partial charge in [0.15, 0.2) is 5.96 Å². The number of ether oxygens (including phenoxy) is 2. The van der Waals surface area contributed by atoms with Gasteiger partial charge in [-0.25, -0.2) is 0 Å². The lowest BCUT2D eigenvalue weighted by atomic mass is 10.0. The molecule has 1 aromatic rings. The largest absolute Gasteiger partial charge is 0.381 e. The molecule has 2 aliphatic heterocycles. The zero-order valence-electron chi connectivity index (χ0n) is 17.9. The summed E-state index contributed by atoms with van der Waals surface area (Å²) in [5, 5.41) is 6.93. The van der Waals surface area contributed by atoms with Crippen LogP contribution in [0.25, 0.3) is 0 Å². The number of nitrogens with zero attached hydrogens (tertiary/aromatic N) is 2. The first-order valence-corrected chi connectivity index (χ1v) is 11.2. The molecule has 2 heterocycles. The van der Waals surface area contributed by atoms with E-state index in [4.69, 9.17) is 9.47 Å². The number of nitrogens with one attached hydrogen (secondary N) is 2. The summed E-state index contributed by atoms with van der Waals surface area (Å²) in [5.74, 6) is 1.57. The molecule has 0 amide bonds. The molecule has 2 fully saturated rings. The minimum Gasteiger partial charge on any atom is -0.381 e. The van der Waals surface area contributed by atoms with Gasteiger partial charge in [0.05, 0.1) is 0 Å². The van der Waals surface area contributed by atoms with Crippen LogP contribution in [0.1, 0.15) is 37.7 Å². The van der Waals surface area contributed by atoms with Crippen molar-refractivity contribution in [1.29, 1.82) is 0 Å². The zero-order valence-corrected chi connectivity index (χ0v) is 17.9. The van der Waals surface area contributed by atoms with Crippen LogP contribution in [0.2, 0.25) is 0 Å². The van der Waals surface area contributed by atoms with Crippen LogP contribution in [0, 0.1) is 5.92 Å². The molecule has 0 bridgehead atoms. The molecule has 2 saturated heterocycles. The van der Waals surface area contributed by atoms with Crippen molar-refractivity contribution in [3.63, 3.8) is 0 Å². The van der Waals surface area contributed by atoms with Gasteiger partial charge < -0.3 is 20.1 Å². The first kappa shape index (κ1) is 22.1. The summed E-state index contributed by atoms with van der Waals surface area (Å²) in [7, 11) is 1.84. The number of guanidine groups is 1. The fraction of sp³-hybridized carbons (Fsp3) is 0.696. The van der Waals surface area contributed by atoms with Gasteiger partial charge >= 0.3 is 0 Å². The van der Waals surface area contributed by atoms with Crippen molar-refractivity contribution in [3.8, 4) is 0 Å². The lowest BCUT2D eigenvalue weighted by Gasteiger charge is -2.25. The van der Waals surface area contributed by atoms with Gasteiger partial charge in [0.1, 0.15) is 0 Å². The molecule has 162 valence electrons. The summed E-state index contributed by atoms with van der Waals surface area (Å²) in [6.07, 6.45) is 5.79. The van der Waals surface area contributed by atoms with Crippen molar-refractivity contribution < 1.29 is 9.47 Å². The Morgan fingerprint density at radius 1 is 1.17 bits per heavy atom. The smallest absolute Gasteiger partial charge is 0.191 e. The topological polar surface area (TPSA) is 58.1 Å². The lowest BCUT2D eigenvalue weighted by molar-refractivity contribution is 0.0203. The maximum atomic E-state index is 5.84. The first-order valence-electron chi connectivity index (χ1n) is 11.2. The van der Waals surface area contributed by atoms with E-state index in [1.807, 2.05) is 7.05 Å². The molecule has 6 heteroatoms. The van der Waals surface area contributed by atoms with Crippen LogP contribution in [0.5, 0.6) is 0 Å². The highest BCUT2D eigenvalue weighted by atomic mass is 16.5. The van der Waals surface area contributed by atoms with Crippen LogP contribution in [-0.2, 0) is 16.0 Å². The third-order valence-corrected chi connectivity index (χ3v) is 5.91. The molecule has 2 N–H and O–H groups in total. The predicted octanol–water partition coefficient (Wildman–Crippen LogP) is 2.65. The van der Waals surface area contributed by atoms with E-state index in [1.165, 1.54) is 24.9 Å². The zero-order chi connectivity index (χ0) is 20.2. The van der Waals surface area contributed by atoms with Gasteiger partial charge in [-0.2, -0.15) is 0 Å². The second-order valence-corrected chi connectivity index (χ2v) is 8.12. The van der Waals surface area contributed by atoms with Gasteiger partial charge in [0.2, 0.25) is 0 Å². The maximum Gasteiger partial charge on any atom is 0.191 e. The molecule has 3 rings (SSSR count). The Morgan fingerprint density at radius 3 is 2.79 bits per heavy atom. The average molecular weight is 403 g/mol. The summed E-state index contributed by atoms with van der Waals surface area (Å²) >= 11 is 0. The number of hydrogen-bond donors (Lipinski definition) is 2. The van der Waals surface area contributed by atoms with Crippen molar-refractivity contribution in [3.05, 3.63) is 35.9 Å². The van der Waals surface area contributed by atoms with E-state index in [-0.39, 0.29) is 0 Å². The molecule has 0 spiro atoms. The Balaban J connectivity index is 1.27. The average Bonchev–Trinajstić information content (AvgIpc) is 3.21. The fourth-order valence-electron chi connectivity index (χ4n) is 4.13. The Bertz CT molecular complexity index is 590. The van der Waals surface area contributed by atoms with Gasteiger partial charge in [-0.3, -0.25) is 9.89 Å². The molecule has 0 radical (unpaired) electrons. The van der Waals surface area contributed by atoms with Crippen molar-refractivity contribution in [2.45, 2.75) is 44.7 Å². The van der Waals surface area contributed by atoms with Crippen LogP contribution in [0.15, 0.2) is 35.3 Å². The van der Waals surface area contributed by atoms with Crippen LogP contribution < -0.4 is 10.6 Å². The van der Waals surface area contributed by atoms with Crippen LogP contribution >= 0.6 is 0 Å². The standard InChI is InChI=1S/C23H38N4O2/c1-24-23(25-12-6-14-29-19-21-10-15-28-16-11-21)26-17-22-9-5-13-27(22)18-20-7-3-2-4-8-20/h2-4,7-8,21-22H,5-6,9-19H2,1H3,(H2,24,25,26). The third-order valence-electron chi connectivity index (χ3n) is 5.91. The highest BCUT2D eigenvalue weighted by Gasteiger charge is 2.24. The van der Waals surface area contributed by atoms with Crippen LogP contribution in [0.3, 0.4) is 0 Å². The molecule has 1 atom stereocenters. The molecule has 6 nitrogen and oxygen atoms in total. The van der Waals surface area contributed by atoms with E-state index < -0.39 is 0 Å². The number of hydrogen-bond acceptors (Lipinski definition) is 4. The quantitative estimate of drug-likeness (QED) is 0.358. The van der Waals surface area contributed by atoms with Gasteiger partial charge in [0.25, 0.3) is 0 Å². The molecular formula is C23H38N4O2. The highest BCUT2D eigenvalue weighted by molar-refractivity contribution is 5.79. The van der Waals surface area contributed by atoms with E-state index >= 15 is 0 Å². The Morgan fingerprint density at radius 2 is 2.00 bits per heavy atom. The lowest BCUT2D eigenvalue weighted by Crippen LogP contribution is -2.45. The van der Waals surface area contributed by atoms with Gasteiger partial charge in [0, 0.05) is 59.2 Å². The summed E-state index contributed by atoms with van der Waals surface area (Å²) in [4.78, 5) is 6.95. The van der Waals surface area contributed by atoms with Crippen molar-refractivity contribution >= 4 is 5.96 Å². The number of likely N-dealkylation sites (tertiary alicyclic amines) is 1. The predicted molar refractivity (Wildman–Crippen MR) is 118 cm³/mol. The third kappa shape index (κ3) is 7.96. The van der Waals surface area contributed by atoms with E-state index in [0.29, 0.717) is 12.0 Å². The molecule has 0 aliphatic carbocycles. The second kappa shape index (κ2) is 12.8. The summed E-state index contributed by atoms with van der Waals surface area (Å²) in [6, 6.07) is 11.3. The summed E-state index contributed by atoms with van der Waals surface area (Å²) in [5.41, 5.74) is 1.39. The van der Waals surface area contributed by atoms with E-state index in [2.05, 4.69) is 50.9 Å². The van der Waals surface area contributed by atoms with Crippen molar-refractivity contribution in [1.82, 2.24) is 15.5 Å². The van der Waals surface area contributed by atoms with E-state index in [0.717, 1.165) is 71.3 Å². The number of rotatable bonds is 10. The van der Waals surface area contributed by atoms with Crippen molar-refractivity contribution in [2.24, 2.45) is 10.9 Å².